The molecule has 1 heterocycles. The molecule has 0 aliphatic carbocycles. The molecule has 0 spiro atoms. The van der Waals surface area contributed by atoms with Crippen molar-refractivity contribution in [2.45, 2.75) is 25.9 Å². The van der Waals surface area contributed by atoms with Gasteiger partial charge in [0.05, 0.1) is 24.7 Å². The quantitative estimate of drug-likeness (QED) is 0.228. The molecule has 8 heteroatoms. The highest BCUT2D eigenvalue weighted by Crippen LogP contribution is 2.45. The van der Waals surface area contributed by atoms with Gasteiger partial charge in [-0.1, -0.05) is 24.8 Å². The SMILES string of the molecule is C=CCOc1ccc(C2C(C#N)=C(N)Oc3cc(OC(=O)c4ccc(OC(C)C)cc4)ccc32)cc1OC. The van der Waals surface area contributed by atoms with Crippen molar-refractivity contribution in [2.24, 2.45) is 5.73 Å². The molecule has 0 radical (unpaired) electrons. The summed E-state index contributed by atoms with van der Waals surface area (Å²) < 4.78 is 28.1. The van der Waals surface area contributed by atoms with Gasteiger partial charge in [-0.15, -0.1) is 0 Å². The topological polar surface area (TPSA) is 113 Å². The van der Waals surface area contributed by atoms with Gasteiger partial charge in [0.1, 0.15) is 35.5 Å². The number of ether oxygens (including phenoxy) is 5. The maximum absolute atomic E-state index is 12.7. The van der Waals surface area contributed by atoms with Crippen LogP contribution in [0.3, 0.4) is 0 Å². The van der Waals surface area contributed by atoms with Gasteiger partial charge in [0.25, 0.3) is 0 Å². The largest absolute Gasteiger partial charge is 0.493 e. The number of rotatable bonds is 9. The number of benzene rings is 3. The molecule has 0 aromatic heterocycles. The Morgan fingerprint density at radius 3 is 2.50 bits per heavy atom. The lowest BCUT2D eigenvalue weighted by atomic mass is 9.83. The summed E-state index contributed by atoms with van der Waals surface area (Å²) >= 11 is 0. The van der Waals surface area contributed by atoms with Gasteiger partial charge < -0.3 is 29.4 Å². The molecule has 194 valence electrons. The number of allylic oxidation sites excluding steroid dienone is 1. The van der Waals surface area contributed by atoms with E-state index in [4.69, 9.17) is 29.4 Å². The average Bonchev–Trinajstić information content (AvgIpc) is 2.91. The lowest BCUT2D eigenvalue weighted by Gasteiger charge is -2.27. The summed E-state index contributed by atoms with van der Waals surface area (Å²) in [6, 6.07) is 19.3. The maximum Gasteiger partial charge on any atom is 0.343 e. The number of carbonyl (C=O) groups is 1. The first-order valence-corrected chi connectivity index (χ1v) is 12.0. The zero-order valence-corrected chi connectivity index (χ0v) is 21.4. The lowest BCUT2D eigenvalue weighted by Crippen LogP contribution is -2.21. The Bertz CT molecular complexity index is 1420. The van der Waals surface area contributed by atoms with Crippen molar-refractivity contribution in [1.29, 1.82) is 5.26 Å². The fourth-order valence-corrected chi connectivity index (χ4v) is 4.08. The Hall–Kier alpha value is -4.90. The average molecular weight is 513 g/mol. The second kappa shape index (κ2) is 11.4. The Morgan fingerprint density at radius 1 is 1.11 bits per heavy atom. The fourth-order valence-electron chi connectivity index (χ4n) is 4.08. The Morgan fingerprint density at radius 2 is 1.84 bits per heavy atom. The van der Waals surface area contributed by atoms with Crippen LogP contribution in [-0.4, -0.2) is 25.8 Å². The van der Waals surface area contributed by atoms with Gasteiger partial charge in [0, 0.05) is 11.6 Å². The summed E-state index contributed by atoms with van der Waals surface area (Å²) in [5, 5.41) is 9.87. The predicted molar refractivity (Wildman–Crippen MR) is 142 cm³/mol. The van der Waals surface area contributed by atoms with Crippen LogP contribution in [0.25, 0.3) is 0 Å². The van der Waals surface area contributed by atoms with Crippen LogP contribution in [0.15, 0.2) is 84.8 Å². The monoisotopic (exact) mass is 512 g/mol. The van der Waals surface area contributed by atoms with E-state index < -0.39 is 11.9 Å². The summed E-state index contributed by atoms with van der Waals surface area (Å²) in [7, 11) is 1.54. The normalized spacial score (nSPS) is 14.1. The number of esters is 1. The Balaban J connectivity index is 1.62. The van der Waals surface area contributed by atoms with E-state index in [-0.39, 0.29) is 23.3 Å². The minimum Gasteiger partial charge on any atom is -0.493 e. The van der Waals surface area contributed by atoms with Gasteiger partial charge in [-0.05, 0) is 61.9 Å². The number of hydrogen-bond acceptors (Lipinski definition) is 8. The van der Waals surface area contributed by atoms with Crippen LogP contribution >= 0.6 is 0 Å². The molecule has 3 aromatic rings. The molecule has 38 heavy (non-hydrogen) atoms. The van der Waals surface area contributed by atoms with Crippen LogP contribution in [0.2, 0.25) is 0 Å². The standard InChI is InChI=1S/C30H28N2O6/c1-5-14-35-25-13-8-20(15-27(25)34-4)28-23-12-11-22(16-26(23)38-29(32)24(28)17-31)37-30(33)19-6-9-21(10-7-19)36-18(2)3/h5-13,15-16,18,28H,1,14,32H2,2-4H3. The molecule has 0 saturated heterocycles. The summed E-state index contributed by atoms with van der Waals surface area (Å²) in [5.41, 5.74) is 8.21. The zero-order valence-electron chi connectivity index (χ0n) is 21.4. The van der Waals surface area contributed by atoms with E-state index in [1.54, 1.807) is 67.8 Å². The van der Waals surface area contributed by atoms with E-state index in [1.807, 2.05) is 19.9 Å². The van der Waals surface area contributed by atoms with Gasteiger partial charge in [0.15, 0.2) is 11.5 Å². The Kier molecular flexibility index (Phi) is 7.88. The number of nitriles is 1. The molecular formula is C30H28N2O6. The van der Waals surface area contributed by atoms with Crippen molar-refractivity contribution >= 4 is 5.97 Å². The van der Waals surface area contributed by atoms with E-state index in [1.165, 1.54) is 0 Å². The molecule has 8 nitrogen and oxygen atoms in total. The van der Waals surface area contributed by atoms with Gasteiger partial charge in [0.2, 0.25) is 5.88 Å². The molecule has 1 unspecified atom stereocenters. The predicted octanol–water partition coefficient (Wildman–Crippen LogP) is 5.48. The van der Waals surface area contributed by atoms with Gasteiger partial charge in [-0.3, -0.25) is 0 Å². The molecule has 4 rings (SSSR count). The number of carbonyl (C=O) groups excluding carboxylic acids is 1. The molecule has 0 bridgehead atoms. The third kappa shape index (κ3) is 5.57. The molecule has 1 aliphatic rings. The summed E-state index contributed by atoms with van der Waals surface area (Å²) in [6.45, 7) is 7.84. The van der Waals surface area contributed by atoms with Crippen LogP contribution < -0.4 is 29.4 Å². The van der Waals surface area contributed by atoms with Gasteiger partial charge in [-0.25, -0.2) is 4.79 Å². The van der Waals surface area contributed by atoms with Gasteiger partial charge >= 0.3 is 5.97 Å². The zero-order chi connectivity index (χ0) is 27.2. The second-order valence-electron chi connectivity index (χ2n) is 8.71. The molecule has 3 aromatic carbocycles. The van der Waals surface area contributed by atoms with Crippen LogP contribution in [0.1, 0.15) is 41.3 Å². The molecule has 1 atom stereocenters. The van der Waals surface area contributed by atoms with Crippen molar-refractivity contribution in [2.75, 3.05) is 13.7 Å². The smallest absolute Gasteiger partial charge is 0.343 e. The van der Waals surface area contributed by atoms with Crippen LogP contribution in [0.4, 0.5) is 0 Å². The first-order valence-electron chi connectivity index (χ1n) is 12.0. The molecule has 0 fully saturated rings. The highest BCUT2D eigenvalue weighted by atomic mass is 16.5. The number of fused-ring (bicyclic) bond motifs is 1. The molecule has 0 saturated carbocycles. The van der Waals surface area contributed by atoms with E-state index in [0.29, 0.717) is 40.7 Å². The van der Waals surface area contributed by atoms with Gasteiger partial charge in [-0.2, -0.15) is 5.26 Å². The fraction of sp³-hybridized carbons (Fsp3) is 0.200. The third-order valence-corrected chi connectivity index (χ3v) is 5.74. The number of hydrogen-bond donors (Lipinski definition) is 1. The number of nitrogens with two attached hydrogens (primary N) is 1. The van der Waals surface area contributed by atoms with Crippen LogP contribution in [-0.2, 0) is 0 Å². The van der Waals surface area contributed by atoms with Crippen molar-refractivity contribution in [1.82, 2.24) is 0 Å². The minimum atomic E-state index is -0.533. The van der Waals surface area contributed by atoms with Crippen LogP contribution in [0.5, 0.6) is 28.7 Å². The molecule has 2 N–H and O–H groups in total. The highest BCUT2D eigenvalue weighted by molar-refractivity contribution is 5.91. The van der Waals surface area contributed by atoms with E-state index >= 15 is 0 Å². The van der Waals surface area contributed by atoms with Crippen molar-refractivity contribution in [3.63, 3.8) is 0 Å². The maximum atomic E-state index is 12.7. The van der Waals surface area contributed by atoms with E-state index in [2.05, 4.69) is 12.6 Å². The highest BCUT2D eigenvalue weighted by Gasteiger charge is 2.32. The lowest BCUT2D eigenvalue weighted by molar-refractivity contribution is 0.0734. The molecule has 1 aliphatic heterocycles. The third-order valence-electron chi connectivity index (χ3n) is 5.74. The minimum absolute atomic E-state index is 0.0276. The molecular weight excluding hydrogens is 484 g/mol. The summed E-state index contributed by atoms with van der Waals surface area (Å²) in [5.74, 6) is 1.28. The summed E-state index contributed by atoms with van der Waals surface area (Å²) in [4.78, 5) is 12.7. The number of methoxy groups -OCH3 is 1. The first-order chi connectivity index (χ1) is 18.3. The second-order valence-corrected chi connectivity index (χ2v) is 8.71. The van der Waals surface area contributed by atoms with E-state index in [9.17, 15) is 10.1 Å². The first kappa shape index (κ1) is 26.2. The van der Waals surface area contributed by atoms with Crippen molar-refractivity contribution in [3.8, 4) is 34.8 Å². The number of nitrogens with zero attached hydrogens (tertiary/aromatic N) is 1. The van der Waals surface area contributed by atoms with Crippen molar-refractivity contribution < 1.29 is 28.5 Å². The van der Waals surface area contributed by atoms with E-state index in [0.717, 1.165) is 5.56 Å². The Labute approximate surface area is 221 Å². The van der Waals surface area contributed by atoms with Crippen molar-refractivity contribution in [3.05, 3.63) is 101 Å². The van der Waals surface area contributed by atoms with Crippen LogP contribution in [0, 0.1) is 11.3 Å². The molecule has 0 amide bonds. The summed E-state index contributed by atoms with van der Waals surface area (Å²) in [6.07, 6.45) is 1.67.